The van der Waals surface area contributed by atoms with Gasteiger partial charge in [0.1, 0.15) is 0 Å². The van der Waals surface area contributed by atoms with Crippen molar-refractivity contribution in [2.24, 2.45) is 0 Å². The summed E-state index contributed by atoms with van der Waals surface area (Å²) in [6, 6.07) is 13.3. The molecule has 1 saturated heterocycles. The molecule has 148 valence electrons. The molecule has 4 rings (SSSR count). The van der Waals surface area contributed by atoms with E-state index in [1.165, 1.54) is 16.8 Å². The second-order valence-corrected chi connectivity index (χ2v) is 8.36. The van der Waals surface area contributed by atoms with Gasteiger partial charge in [0.15, 0.2) is 5.13 Å². The van der Waals surface area contributed by atoms with Crippen LogP contribution in [0.1, 0.15) is 23.2 Å². The first-order valence-corrected chi connectivity index (χ1v) is 10.8. The third-order valence-electron chi connectivity index (χ3n) is 5.63. The molecule has 2 aromatic heterocycles. The van der Waals surface area contributed by atoms with E-state index in [1.54, 1.807) is 11.3 Å². The normalized spacial score (nSPS) is 18.6. The van der Waals surface area contributed by atoms with Crippen molar-refractivity contribution in [3.8, 4) is 5.13 Å². The Morgan fingerprint density at radius 2 is 2.04 bits per heavy atom. The minimum Gasteiger partial charge on any atom is -0.396 e. The number of hydrogen-bond donors (Lipinski definition) is 1. The van der Waals surface area contributed by atoms with E-state index in [1.807, 2.05) is 11.6 Å². The van der Waals surface area contributed by atoms with E-state index in [0.717, 1.165) is 44.3 Å². The molecule has 0 amide bonds. The smallest absolute Gasteiger partial charge is 0.193 e. The Morgan fingerprint density at radius 1 is 1.14 bits per heavy atom. The monoisotopic (exact) mass is 396 g/mol. The van der Waals surface area contributed by atoms with Crippen LogP contribution in [0, 0.1) is 6.92 Å². The summed E-state index contributed by atoms with van der Waals surface area (Å²) in [5.41, 5.74) is 4.00. The van der Waals surface area contributed by atoms with Gasteiger partial charge in [-0.05, 0) is 36.6 Å². The summed E-state index contributed by atoms with van der Waals surface area (Å²) in [6.45, 7) is 7.33. The van der Waals surface area contributed by atoms with Crippen molar-refractivity contribution < 1.29 is 5.11 Å². The molecule has 28 heavy (non-hydrogen) atoms. The van der Waals surface area contributed by atoms with Gasteiger partial charge in [-0.15, -0.1) is 11.3 Å². The fourth-order valence-corrected chi connectivity index (χ4v) is 4.69. The van der Waals surface area contributed by atoms with Crippen molar-refractivity contribution in [3.05, 3.63) is 71.0 Å². The summed E-state index contributed by atoms with van der Waals surface area (Å²) >= 11 is 1.66. The molecule has 3 heterocycles. The van der Waals surface area contributed by atoms with Crippen molar-refractivity contribution >= 4 is 11.3 Å². The second-order valence-electron chi connectivity index (χ2n) is 7.48. The number of thiazole rings is 1. The summed E-state index contributed by atoms with van der Waals surface area (Å²) in [4.78, 5) is 9.49. The number of rotatable bonds is 7. The highest BCUT2D eigenvalue weighted by Crippen LogP contribution is 2.21. The van der Waals surface area contributed by atoms with Gasteiger partial charge in [-0.3, -0.25) is 14.4 Å². The van der Waals surface area contributed by atoms with Gasteiger partial charge in [0, 0.05) is 68.8 Å². The second kappa shape index (κ2) is 9.01. The SMILES string of the molecule is Cc1ccccc1CN1CCN(Cc2cccn2-c2nccs2)C[C@H]1CCO. The van der Waals surface area contributed by atoms with Gasteiger partial charge >= 0.3 is 0 Å². The van der Waals surface area contributed by atoms with E-state index >= 15 is 0 Å². The van der Waals surface area contributed by atoms with E-state index in [-0.39, 0.29) is 6.61 Å². The molecule has 1 atom stereocenters. The molecule has 1 N–H and O–H groups in total. The van der Waals surface area contributed by atoms with Gasteiger partial charge in [-0.2, -0.15) is 0 Å². The summed E-state index contributed by atoms with van der Waals surface area (Å²) in [5.74, 6) is 0. The molecular weight excluding hydrogens is 368 g/mol. The van der Waals surface area contributed by atoms with Crippen LogP contribution in [-0.2, 0) is 13.1 Å². The zero-order chi connectivity index (χ0) is 19.3. The average molecular weight is 397 g/mol. The number of aryl methyl sites for hydroxylation is 1. The van der Waals surface area contributed by atoms with E-state index < -0.39 is 0 Å². The Kier molecular flexibility index (Phi) is 6.22. The number of aliphatic hydroxyl groups excluding tert-OH is 1. The molecule has 3 aromatic rings. The van der Waals surface area contributed by atoms with Gasteiger partial charge in [0.2, 0.25) is 0 Å². The largest absolute Gasteiger partial charge is 0.396 e. The lowest BCUT2D eigenvalue weighted by molar-refractivity contribution is 0.0491. The maximum Gasteiger partial charge on any atom is 0.193 e. The lowest BCUT2D eigenvalue weighted by Crippen LogP contribution is -2.52. The molecule has 0 radical (unpaired) electrons. The Morgan fingerprint density at radius 3 is 2.82 bits per heavy atom. The number of hydrogen-bond acceptors (Lipinski definition) is 5. The van der Waals surface area contributed by atoms with Crippen LogP contribution in [0.2, 0.25) is 0 Å². The van der Waals surface area contributed by atoms with Crippen LogP contribution in [0.15, 0.2) is 54.2 Å². The van der Waals surface area contributed by atoms with Crippen LogP contribution in [0.4, 0.5) is 0 Å². The molecule has 1 aliphatic rings. The van der Waals surface area contributed by atoms with E-state index in [2.05, 4.69) is 68.9 Å². The Labute approximate surface area is 170 Å². The highest BCUT2D eigenvalue weighted by Gasteiger charge is 2.27. The van der Waals surface area contributed by atoms with E-state index in [0.29, 0.717) is 6.04 Å². The molecule has 0 bridgehead atoms. The molecule has 0 saturated carbocycles. The lowest BCUT2D eigenvalue weighted by Gasteiger charge is -2.41. The van der Waals surface area contributed by atoms with Crippen molar-refractivity contribution in [3.63, 3.8) is 0 Å². The molecule has 1 fully saturated rings. The van der Waals surface area contributed by atoms with Gasteiger partial charge in [-0.25, -0.2) is 4.98 Å². The number of aromatic nitrogens is 2. The molecular formula is C22H28N4OS. The fourth-order valence-electron chi connectivity index (χ4n) is 4.03. The molecule has 0 aliphatic carbocycles. The minimum absolute atomic E-state index is 0.234. The van der Waals surface area contributed by atoms with E-state index in [9.17, 15) is 5.11 Å². The van der Waals surface area contributed by atoms with Gasteiger partial charge in [0.05, 0.1) is 0 Å². The molecule has 6 heteroatoms. The van der Waals surface area contributed by atoms with Crippen LogP contribution < -0.4 is 0 Å². The third-order valence-corrected chi connectivity index (χ3v) is 6.40. The maximum absolute atomic E-state index is 9.61. The van der Waals surface area contributed by atoms with Crippen molar-refractivity contribution in [2.45, 2.75) is 32.5 Å². The van der Waals surface area contributed by atoms with Crippen molar-refractivity contribution in [2.75, 3.05) is 26.2 Å². The minimum atomic E-state index is 0.234. The standard InChI is InChI=1S/C22H28N4OS/c1-18-5-2-3-6-19(18)15-25-12-11-24(16-20(25)8-13-27)17-21-7-4-10-26(21)22-23-9-14-28-22/h2-7,9-10,14,20,27H,8,11-13,15-17H2,1H3/t20-/m1/s1. The number of nitrogens with zero attached hydrogens (tertiary/aromatic N) is 4. The molecule has 5 nitrogen and oxygen atoms in total. The third kappa shape index (κ3) is 4.36. The predicted molar refractivity (Wildman–Crippen MR) is 114 cm³/mol. The summed E-state index contributed by atoms with van der Waals surface area (Å²) < 4.78 is 2.19. The summed E-state index contributed by atoms with van der Waals surface area (Å²) in [7, 11) is 0. The quantitative estimate of drug-likeness (QED) is 0.665. The van der Waals surface area contributed by atoms with Crippen LogP contribution in [-0.4, -0.2) is 56.7 Å². The average Bonchev–Trinajstić information content (AvgIpc) is 3.37. The number of benzene rings is 1. The van der Waals surface area contributed by atoms with Crippen molar-refractivity contribution in [1.82, 2.24) is 19.4 Å². The maximum atomic E-state index is 9.61. The van der Waals surface area contributed by atoms with Crippen LogP contribution >= 0.6 is 11.3 Å². The van der Waals surface area contributed by atoms with Crippen molar-refractivity contribution in [1.29, 1.82) is 0 Å². The molecule has 1 aliphatic heterocycles. The van der Waals surface area contributed by atoms with Gasteiger partial charge in [0.25, 0.3) is 0 Å². The number of aliphatic hydroxyl groups is 1. The Hall–Kier alpha value is -1.99. The first kappa shape index (κ1) is 19.3. The summed E-state index contributed by atoms with van der Waals surface area (Å²) in [5, 5.41) is 12.6. The number of piperazine rings is 1. The topological polar surface area (TPSA) is 44.5 Å². The van der Waals surface area contributed by atoms with Crippen LogP contribution in [0.5, 0.6) is 0 Å². The Bertz CT molecular complexity index is 876. The fraction of sp³-hybridized carbons (Fsp3) is 0.409. The van der Waals surface area contributed by atoms with Gasteiger partial charge in [-0.1, -0.05) is 24.3 Å². The predicted octanol–water partition coefficient (Wildman–Crippen LogP) is 3.31. The van der Waals surface area contributed by atoms with E-state index in [4.69, 9.17) is 0 Å². The first-order chi connectivity index (χ1) is 13.7. The van der Waals surface area contributed by atoms with Gasteiger partial charge < -0.3 is 5.11 Å². The van der Waals surface area contributed by atoms with Crippen LogP contribution in [0.3, 0.4) is 0 Å². The zero-order valence-electron chi connectivity index (χ0n) is 16.4. The zero-order valence-corrected chi connectivity index (χ0v) is 17.2. The highest BCUT2D eigenvalue weighted by molar-refractivity contribution is 7.12. The molecule has 1 aromatic carbocycles. The first-order valence-electron chi connectivity index (χ1n) is 9.92. The summed E-state index contributed by atoms with van der Waals surface area (Å²) in [6.07, 6.45) is 4.76. The Balaban J connectivity index is 1.44. The molecule has 0 unspecified atom stereocenters. The van der Waals surface area contributed by atoms with Crippen LogP contribution in [0.25, 0.3) is 5.13 Å². The molecule has 0 spiro atoms. The lowest BCUT2D eigenvalue weighted by atomic mass is 10.0. The highest BCUT2D eigenvalue weighted by atomic mass is 32.1.